The van der Waals surface area contributed by atoms with Crippen LogP contribution in [0.3, 0.4) is 0 Å². The van der Waals surface area contributed by atoms with Crippen molar-refractivity contribution in [3.63, 3.8) is 0 Å². The smallest absolute Gasteiger partial charge is 0.265 e. The average molecular weight is 125 g/mol. The molecular weight excluding hydrogens is 116 g/mol. The highest BCUT2D eigenvalue weighted by Crippen LogP contribution is 2.01. The number of halogens is 2. The largest absolute Gasteiger partial charge is 0.374 e. The molecule has 2 nitrogen and oxygen atoms in total. The Labute approximate surface area is 46.6 Å². The molecule has 0 radical (unpaired) electrons. The lowest BCUT2D eigenvalue weighted by molar-refractivity contribution is -0.0265. The number of hydrogen-bond acceptors (Lipinski definition) is 2. The van der Waals surface area contributed by atoms with Crippen LogP contribution in [-0.4, -0.2) is 26.2 Å². The van der Waals surface area contributed by atoms with Crippen molar-refractivity contribution in [3.8, 4) is 0 Å². The molecule has 0 aromatic heterocycles. The van der Waals surface area contributed by atoms with Gasteiger partial charge in [-0.05, 0) is 0 Å². The molecule has 0 heterocycles. The first kappa shape index (κ1) is 7.78. The standard InChI is InChI=1S/C4H9F2NO/c1-8-3(2-7)4(5)6/h3-4H,2,7H2,1H3/t3-/m0/s1. The van der Waals surface area contributed by atoms with Gasteiger partial charge in [0.2, 0.25) is 0 Å². The van der Waals surface area contributed by atoms with Crippen LogP contribution in [0.4, 0.5) is 8.78 Å². The van der Waals surface area contributed by atoms with Crippen molar-refractivity contribution in [1.82, 2.24) is 0 Å². The normalized spacial score (nSPS) is 14.6. The molecule has 50 valence electrons. The number of ether oxygens (including phenoxy) is 1. The van der Waals surface area contributed by atoms with Crippen molar-refractivity contribution in [3.05, 3.63) is 0 Å². The van der Waals surface area contributed by atoms with Gasteiger partial charge in [0.05, 0.1) is 0 Å². The first-order chi connectivity index (χ1) is 3.72. The summed E-state index contributed by atoms with van der Waals surface area (Å²) in [5.41, 5.74) is 4.88. The molecule has 0 fully saturated rings. The Morgan fingerprint density at radius 1 is 1.62 bits per heavy atom. The number of hydrogen-bond donors (Lipinski definition) is 1. The van der Waals surface area contributed by atoms with Gasteiger partial charge in [-0.3, -0.25) is 0 Å². The highest BCUT2D eigenvalue weighted by Gasteiger charge is 2.16. The van der Waals surface area contributed by atoms with E-state index >= 15 is 0 Å². The molecule has 0 saturated heterocycles. The lowest BCUT2D eigenvalue weighted by atomic mass is 10.4. The van der Waals surface area contributed by atoms with E-state index in [1.165, 1.54) is 7.11 Å². The van der Waals surface area contributed by atoms with Crippen molar-refractivity contribution in [2.24, 2.45) is 5.73 Å². The molecule has 0 aromatic rings. The van der Waals surface area contributed by atoms with E-state index in [0.717, 1.165) is 0 Å². The highest BCUT2D eigenvalue weighted by atomic mass is 19.3. The van der Waals surface area contributed by atoms with Crippen LogP contribution in [0.1, 0.15) is 0 Å². The first-order valence-electron chi connectivity index (χ1n) is 2.23. The van der Waals surface area contributed by atoms with E-state index in [-0.39, 0.29) is 6.54 Å². The lowest BCUT2D eigenvalue weighted by Crippen LogP contribution is -2.29. The van der Waals surface area contributed by atoms with Gasteiger partial charge in [0, 0.05) is 13.7 Å². The van der Waals surface area contributed by atoms with E-state index in [1.54, 1.807) is 0 Å². The number of rotatable bonds is 3. The van der Waals surface area contributed by atoms with Crippen molar-refractivity contribution in [1.29, 1.82) is 0 Å². The summed E-state index contributed by atoms with van der Waals surface area (Å²) in [6.07, 6.45) is -3.57. The summed E-state index contributed by atoms with van der Waals surface area (Å²) in [6, 6.07) is 0. The van der Waals surface area contributed by atoms with E-state index in [0.29, 0.717) is 0 Å². The minimum absolute atomic E-state index is 0.131. The van der Waals surface area contributed by atoms with Gasteiger partial charge in [0.15, 0.2) is 0 Å². The van der Waals surface area contributed by atoms with Crippen LogP contribution in [0.2, 0.25) is 0 Å². The molecule has 0 aliphatic heterocycles. The zero-order valence-corrected chi connectivity index (χ0v) is 4.60. The predicted octanol–water partition coefficient (Wildman–Crippen LogP) is 0.225. The number of methoxy groups -OCH3 is 1. The maximum atomic E-state index is 11.5. The van der Waals surface area contributed by atoms with Gasteiger partial charge in [0.25, 0.3) is 6.43 Å². The van der Waals surface area contributed by atoms with Crippen molar-refractivity contribution in [2.75, 3.05) is 13.7 Å². The summed E-state index contributed by atoms with van der Waals surface area (Å²) in [6.45, 7) is -0.131. The predicted molar refractivity (Wildman–Crippen MR) is 25.9 cm³/mol. The molecule has 0 amide bonds. The lowest BCUT2D eigenvalue weighted by Gasteiger charge is -2.09. The van der Waals surface area contributed by atoms with Gasteiger partial charge in [-0.1, -0.05) is 0 Å². The summed E-state index contributed by atoms with van der Waals surface area (Å²) in [7, 11) is 1.21. The molecule has 0 unspecified atom stereocenters. The fraction of sp³-hybridized carbons (Fsp3) is 1.00. The van der Waals surface area contributed by atoms with Crippen LogP contribution >= 0.6 is 0 Å². The van der Waals surface area contributed by atoms with Gasteiger partial charge in [0.1, 0.15) is 6.10 Å². The summed E-state index contributed by atoms with van der Waals surface area (Å²) >= 11 is 0. The van der Waals surface area contributed by atoms with Crippen molar-refractivity contribution < 1.29 is 13.5 Å². The Morgan fingerprint density at radius 2 is 2.12 bits per heavy atom. The second kappa shape index (κ2) is 3.74. The van der Waals surface area contributed by atoms with Gasteiger partial charge in [-0.15, -0.1) is 0 Å². The van der Waals surface area contributed by atoms with Crippen LogP contribution < -0.4 is 5.73 Å². The molecule has 0 bridgehead atoms. The van der Waals surface area contributed by atoms with Crippen LogP contribution in [0.25, 0.3) is 0 Å². The molecule has 1 atom stereocenters. The fourth-order valence-corrected chi connectivity index (χ4v) is 0.302. The minimum atomic E-state index is -2.47. The second-order valence-electron chi connectivity index (χ2n) is 1.34. The van der Waals surface area contributed by atoms with Crippen LogP contribution in [0, 0.1) is 0 Å². The molecule has 4 heteroatoms. The molecule has 0 rings (SSSR count). The summed E-state index contributed by atoms with van der Waals surface area (Å²) < 4.78 is 27.3. The van der Waals surface area contributed by atoms with E-state index in [2.05, 4.69) is 4.74 Å². The zero-order chi connectivity index (χ0) is 6.57. The molecule has 2 N–H and O–H groups in total. The third-order valence-corrected chi connectivity index (χ3v) is 0.816. The SMILES string of the molecule is CO[C@@H](CN)C(F)F. The molecule has 0 saturated carbocycles. The Bertz CT molecular complexity index is 56.0. The van der Waals surface area contributed by atoms with Gasteiger partial charge >= 0.3 is 0 Å². The van der Waals surface area contributed by atoms with E-state index in [1.807, 2.05) is 0 Å². The van der Waals surface area contributed by atoms with Gasteiger partial charge in [-0.25, -0.2) is 8.78 Å². The number of nitrogens with two attached hydrogens (primary N) is 1. The Kier molecular flexibility index (Phi) is 3.64. The monoisotopic (exact) mass is 125 g/mol. The Morgan fingerprint density at radius 3 is 2.12 bits per heavy atom. The Balaban J connectivity index is 3.35. The second-order valence-corrected chi connectivity index (χ2v) is 1.34. The third kappa shape index (κ3) is 2.18. The molecular formula is C4H9F2NO. The molecule has 8 heavy (non-hydrogen) atoms. The summed E-state index contributed by atoms with van der Waals surface area (Å²) in [5, 5.41) is 0. The number of alkyl halides is 2. The van der Waals surface area contributed by atoms with Crippen molar-refractivity contribution >= 4 is 0 Å². The van der Waals surface area contributed by atoms with Crippen LogP contribution in [0.5, 0.6) is 0 Å². The molecule has 0 spiro atoms. The minimum Gasteiger partial charge on any atom is -0.374 e. The topological polar surface area (TPSA) is 35.2 Å². The van der Waals surface area contributed by atoms with Gasteiger partial charge < -0.3 is 10.5 Å². The van der Waals surface area contributed by atoms with Crippen molar-refractivity contribution in [2.45, 2.75) is 12.5 Å². The van der Waals surface area contributed by atoms with E-state index in [4.69, 9.17) is 5.73 Å². The maximum Gasteiger partial charge on any atom is 0.265 e. The highest BCUT2D eigenvalue weighted by molar-refractivity contribution is 4.58. The molecule has 0 aliphatic rings. The zero-order valence-electron chi connectivity index (χ0n) is 4.60. The molecule has 0 aliphatic carbocycles. The van der Waals surface area contributed by atoms with Gasteiger partial charge in [-0.2, -0.15) is 0 Å². The first-order valence-corrected chi connectivity index (χ1v) is 2.23. The summed E-state index contributed by atoms with van der Waals surface area (Å²) in [4.78, 5) is 0. The fourth-order valence-electron chi connectivity index (χ4n) is 0.302. The molecule has 0 aromatic carbocycles. The maximum absolute atomic E-state index is 11.5. The summed E-state index contributed by atoms with van der Waals surface area (Å²) in [5.74, 6) is 0. The quantitative estimate of drug-likeness (QED) is 0.585. The van der Waals surface area contributed by atoms with E-state index < -0.39 is 12.5 Å². The van der Waals surface area contributed by atoms with Crippen LogP contribution in [0.15, 0.2) is 0 Å². The average Bonchev–Trinajstić information content (AvgIpc) is 1.69. The van der Waals surface area contributed by atoms with Crippen LogP contribution in [-0.2, 0) is 4.74 Å². The van der Waals surface area contributed by atoms with E-state index in [9.17, 15) is 8.78 Å². The third-order valence-electron chi connectivity index (χ3n) is 0.816. The Hall–Kier alpha value is -0.220.